The van der Waals surface area contributed by atoms with Crippen molar-refractivity contribution in [2.24, 2.45) is 16.7 Å². The Morgan fingerprint density at radius 3 is 1.55 bits per heavy atom. The predicted molar refractivity (Wildman–Crippen MR) is 554 cm³/mol. The number of rotatable bonds is 29. The average molecular weight is 2110 g/mol. The van der Waals surface area contributed by atoms with E-state index in [1.54, 1.807) is 54.1 Å². The Morgan fingerprint density at radius 2 is 1.07 bits per heavy atom. The number of piperidine rings is 2. The zero-order valence-electron chi connectivity index (χ0n) is 84.2. The highest BCUT2D eigenvalue weighted by Gasteiger charge is 2.81. The number of aromatic nitrogens is 7. The summed E-state index contributed by atoms with van der Waals surface area (Å²) >= 11 is 0. The highest BCUT2D eigenvalue weighted by atomic mass is 35.5. The number of carbonyl (C=O) groups excluding carboxylic acids is 8. The van der Waals surface area contributed by atoms with Gasteiger partial charge in [0, 0.05) is 207 Å². The number of amides is 3. The monoisotopic (exact) mass is 2110 g/mol. The molecule has 2 saturated carbocycles. The lowest BCUT2D eigenvalue weighted by atomic mass is 9.47. The van der Waals surface area contributed by atoms with Gasteiger partial charge < -0.3 is 91.6 Å². The van der Waals surface area contributed by atoms with Crippen molar-refractivity contribution in [3.8, 4) is 11.5 Å². The fourth-order valence-corrected chi connectivity index (χ4v) is 29.4. The number of halogens is 1. The molecule has 14 N–H and O–H groups in total. The highest BCUT2D eigenvalue weighted by molar-refractivity contribution is 8.77. The molecule has 36 nitrogen and oxygen atoms in total. The zero-order chi connectivity index (χ0) is 104. The largest absolute Gasteiger partial charge is 1.00 e. The Morgan fingerprint density at radius 1 is 0.585 bits per heavy atom. The number of likely N-dealkylation sites (tertiary alicyclic amines) is 2. The van der Waals surface area contributed by atoms with Gasteiger partial charge in [-0.1, -0.05) is 147 Å². The lowest BCUT2D eigenvalue weighted by Gasteiger charge is -2.63. The van der Waals surface area contributed by atoms with Crippen molar-refractivity contribution < 1.29 is 110 Å². The minimum atomic E-state index is -2.39. The maximum absolute atomic E-state index is 14.7. The first kappa shape index (κ1) is 110. The number of hydrogen-bond donors (Lipinski definition) is 12. The van der Waals surface area contributed by atoms with Crippen LogP contribution in [-0.4, -0.2) is 294 Å². The Kier molecular flexibility index (Phi) is 35.0. The zero-order valence-corrected chi connectivity index (χ0v) is 88.2. The maximum Gasteiger partial charge on any atom is 0.535 e. The molecule has 16 atom stereocenters. The molecule has 10 aromatic rings. The van der Waals surface area contributed by atoms with Crippen LogP contribution in [0.4, 0.5) is 21.0 Å². The normalized spacial score (nSPS) is 27.2. The van der Waals surface area contributed by atoms with E-state index in [9.17, 15) is 49.8 Å². The van der Waals surface area contributed by atoms with Gasteiger partial charge in [0.2, 0.25) is 5.03 Å². The first-order valence-corrected chi connectivity index (χ1v) is 54.6. The van der Waals surface area contributed by atoms with Crippen molar-refractivity contribution in [3.63, 3.8) is 0 Å². The van der Waals surface area contributed by atoms with Crippen molar-refractivity contribution in [2.75, 3.05) is 128 Å². The van der Waals surface area contributed by atoms with Crippen LogP contribution in [0.5, 0.6) is 11.5 Å². The summed E-state index contributed by atoms with van der Waals surface area (Å²) in [4.78, 5) is 120. The first-order chi connectivity index (χ1) is 70.4. The van der Waals surface area contributed by atoms with E-state index in [1.165, 1.54) is 43.5 Å². The molecule has 3 amide bonds. The molecule has 6 fully saturated rings. The van der Waals surface area contributed by atoms with Gasteiger partial charge in [-0.2, -0.15) is 19.2 Å². The van der Waals surface area contributed by atoms with Crippen LogP contribution in [-0.2, 0) is 61.9 Å². The van der Waals surface area contributed by atoms with Crippen LogP contribution in [0.2, 0.25) is 0 Å². The quantitative estimate of drug-likeness (QED) is 0.00320. The van der Waals surface area contributed by atoms with Crippen molar-refractivity contribution >= 4 is 124 Å². The molecule has 13 heterocycles. The van der Waals surface area contributed by atoms with E-state index in [4.69, 9.17) is 48.8 Å². The summed E-state index contributed by atoms with van der Waals surface area (Å²) in [5, 5.41) is 85.1. The lowest BCUT2D eigenvalue weighted by molar-refractivity contribution is -0.426. The number of aliphatic hydroxyl groups excluding tert-OH is 2. The second-order valence-corrected chi connectivity index (χ2v) is 44.4. The fraction of sp³-hybridized carbons (Fsp3) is 0.491. The number of pyridine rings is 2. The molecule has 0 bridgehead atoms. The number of carbonyl (C=O) groups is 4. The van der Waals surface area contributed by atoms with Crippen LogP contribution < -0.4 is 63.6 Å². The third-order valence-corrected chi connectivity index (χ3v) is 37.0. The van der Waals surface area contributed by atoms with Gasteiger partial charge in [0.1, 0.15) is 53.0 Å². The lowest BCUT2D eigenvalue weighted by Crippen LogP contribution is -3.00. The van der Waals surface area contributed by atoms with Crippen molar-refractivity contribution in [1.29, 1.82) is 0 Å². The van der Waals surface area contributed by atoms with Crippen molar-refractivity contribution in [3.05, 3.63) is 215 Å². The van der Waals surface area contributed by atoms with Gasteiger partial charge in [-0.25, -0.2) is 30.8 Å². The molecule has 786 valence electrons. The summed E-state index contributed by atoms with van der Waals surface area (Å²) < 4.78 is 22.8. The molecule has 10 aliphatic rings. The molecule has 4 saturated heterocycles. The molecule has 8 aliphatic heterocycles. The van der Waals surface area contributed by atoms with Crippen molar-refractivity contribution in [2.45, 2.75) is 210 Å². The van der Waals surface area contributed by atoms with Crippen LogP contribution in [0, 0.1) is 10.8 Å². The number of nitrogens with zero attached hydrogens (tertiary/aromatic N) is 10. The summed E-state index contributed by atoms with van der Waals surface area (Å²) in [6.07, 6.45) is 16.8. The second kappa shape index (κ2) is 46.7. The van der Waals surface area contributed by atoms with E-state index in [0.717, 1.165) is 167 Å². The average Bonchev–Trinajstić information content (AvgIpc) is 1.49. The topological polar surface area (TPSA) is 475 Å². The SMILES string of the molecule is CCC1(O)CCCN(CCc2c([C@@H](C)c3cc4c(cc3OC)N(C)[C@H]3[C@@](O)(C(=O)NN)[C@H](O)[C@]5(CC)C=CCN6CC[C@]43[C@@H]65)[nH]c3ccccc23)C1.CCC1(O)CCCN(CCc2c([C@@H](C)c3cc4c(cc3OC)N(C)[C@H]3[C@](O)(C(=O)NNC(=O)OCCSSc5ccccn5)[C@H](O)[C@]5(CC)C=CCN6CC[C@]43[C@@H]65)[nH]c3ccccc23)C1.O=C(OCCSSc1cccc[nH+]1)On1nnc2ccccc21.O=C=O.O=C=O.[Cl-]. The van der Waals surface area contributed by atoms with E-state index in [0.29, 0.717) is 80.2 Å². The second-order valence-electron chi connectivity index (χ2n) is 39.5. The van der Waals surface area contributed by atoms with Crippen LogP contribution in [0.25, 0.3) is 32.8 Å². The number of methoxy groups -OCH3 is 2. The maximum atomic E-state index is 14.7. The third-order valence-electron chi connectivity index (χ3n) is 32.5. The number of hydrazine groups is 2. The van der Waals surface area contributed by atoms with E-state index in [-0.39, 0.29) is 61.8 Å². The Balaban J connectivity index is 0.000000175. The summed E-state index contributed by atoms with van der Waals surface area (Å²) in [6.45, 7) is 20.9. The van der Waals surface area contributed by atoms with E-state index in [2.05, 4.69) is 173 Å². The number of benzene rings is 5. The number of fused-ring (bicyclic) bond motifs is 5. The standard InChI is InChI=1S/C49H63N7O7S2.C41H56N6O5.C14H12N4O3S2.2CO2.ClH/c1-6-46(60)18-12-22-55(30-46)24-17-33-32-14-8-9-15-36(32)51-40(33)31(3)34-28-35-37(29-38(34)62-5)54(4)42-48(35)20-25-56-23-13-19-47(7-2,41(48)56)43(57)49(42,61)44(58)52-53-45(59)63-26-27-64-65-39-16-10-11-21-50-39;1-6-38(50)15-10-18-46(24-38)20-14-27-26-12-8-9-13-30(26)43-33(27)25(3)28-22-29-31(23-32(28)52-5)45(4)35-40(29)17-21-47-19-11-16-39(7-2,34(40)47)36(48)41(35,51)37(49)44-42;19-14(20-9-10-22-23-13-7-3-4-8-15-13)21-18-12-6-2-1-5-11(12)16-17-18;2*2-1-3;/h8-11,13-16,19,21,28-29,31,41-43,51,57,60-61H,6-7,12,17-18,20,22-27,30H2,1-5H3,(H,52,58)(H,53,59);8-9,11-13,16,22-23,25,34-36,43,48,50-51H,6-7,10,14-15,17-21,24,42H2,1-5H3,(H,44,49);1-8H,9-10H2;;;1H/t31-,41-,42+,43+,46?,47+,48+,49+;25-,34-,35+,36+,38?,39+,40+,41-;;;;/m00..../s1. The number of nitrogens with two attached hydrogens (primary N) is 1. The van der Waals surface area contributed by atoms with Gasteiger partial charge in [0.25, 0.3) is 11.8 Å². The summed E-state index contributed by atoms with van der Waals surface area (Å²) in [5.41, 5.74) is 11.8. The number of aliphatic hydroxyl groups is 6. The summed E-state index contributed by atoms with van der Waals surface area (Å²) in [7, 11) is 13.3. The van der Waals surface area contributed by atoms with E-state index < -0.39 is 92.4 Å². The van der Waals surface area contributed by atoms with Crippen LogP contribution in [0.15, 0.2) is 180 Å². The molecule has 2 spiro atoms. The predicted octanol–water partition coefficient (Wildman–Crippen LogP) is 7.29. The van der Waals surface area contributed by atoms with Gasteiger partial charge in [0.05, 0.1) is 37.5 Å². The number of anilines is 2. The van der Waals surface area contributed by atoms with E-state index in [1.807, 2.05) is 111 Å². The number of likely N-dealkylation sites (N-methyl/N-ethyl adjacent to an activating group) is 2. The highest BCUT2D eigenvalue weighted by Crippen LogP contribution is 2.70. The molecule has 0 radical (unpaired) electrons. The molecule has 2 unspecified atom stereocenters. The molecular weight excluding hydrogens is 1980 g/mol. The number of hydrogen-bond acceptors (Lipinski definition) is 33. The van der Waals surface area contributed by atoms with E-state index >= 15 is 0 Å². The molecule has 20 rings (SSSR count). The van der Waals surface area contributed by atoms with Crippen LogP contribution in [0.1, 0.15) is 162 Å². The number of nitrogens with one attached hydrogen (secondary N) is 6. The van der Waals surface area contributed by atoms with Gasteiger partial charge >= 0.3 is 24.6 Å². The number of β-amino-alcohol motifs (C(OH)–C–C–N with tert-alkyl or cyclic N) is 2. The molecule has 5 aromatic heterocycles. The van der Waals surface area contributed by atoms with Gasteiger partial charge in [-0.05, 0) is 196 Å². The summed E-state index contributed by atoms with van der Waals surface area (Å²) in [5.74, 6) is 6.40. The minimum absolute atomic E-state index is 0. The number of H-pyrrole nitrogens is 3. The first-order valence-electron chi connectivity index (χ1n) is 49.9. The fourth-order valence-electron chi connectivity index (χ4n) is 26.0. The molecule has 147 heavy (non-hydrogen) atoms. The molecular formula is C106H132ClN17O19S4. The third kappa shape index (κ3) is 20.4. The Hall–Kier alpha value is -11.0. The summed E-state index contributed by atoms with van der Waals surface area (Å²) in [6, 6.07) is 42.2. The van der Waals surface area contributed by atoms with Crippen LogP contribution in [0.3, 0.4) is 0 Å². The smallest absolute Gasteiger partial charge is 0.535 e. The number of ether oxygens (including phenoxy) is 4. The van der Waals surface area contributed by atoms with Gasteiger partial charge in [-0.15, -0.1) is 5.10 Å². The molecule has 2 aliphatic carbocycles. The van der Waals surface area contributed by atoms with Crippen LogP contribution >= 0.6 is 43.2 Å². The van der Waals surface area contributed by atoms with Crippen molar-refractivity contribution in [1.82, 2.24) is 66.0 Å². The number of para-hydroxylation sites is 3. The van der Waals surface area contributed by atoms with Gasteiger partial charge in [-0.3, -0.25) is 35.1 Å². The molecule has 5 aromatic carbocycles. The Bertz CT molecular complexity index is 6470. The minimum Gasteiger partial charge on any atom is -1.00 e. The molecule has 41 heteroatoms. The number of aromatic amines is 3. The van der Waals surface area contributed by atoms with Gasteiger partial charge in [0.15, 0.2) is 17.4 Å². The Labute approximate surface area is 875 Å².